The monoisotopic (exact) mass is 272 g/mol. The fraction of sp³-hybridized carbons (Fsp3) is 0.467. The van der Waals surface area contributed by atoms with E-state index in [2.05, 4.69) is 15.2 Å². The molecule has 5 heteroatoms. The molecule has 2 aromatic rings. The third-order valence-corrected chi connectivity index (χ3v) is 4.61. The van der Waals surface area contributed by atoms with Gasteiger partial charge in [-0.2, -0.15) is 0 Å². The Morgan fingerprint density at radius 3 is 2.50 bits per heavy atom. The van der Waals surface area contributed by atoms with Gasteiger partial charge in [-0.25, -0.2) is 9.07 Å². The lowest BCUT2D eigenvalue weighted by atomic mass is 9.84. The van der Waals surface area contributed by atoms with E-state index in [-0.39, 0.29) is 5.82 Å². The Hall–Kier alpha value is -1.75. The quantitative estimate of drug-likeness (QED) is 0.841. The van der Waals surface area contributed by atoms with E-state index in [0.29, 0.717) is 6.04 Å². The lowest BCUT2D eigenvalue weighted by Gasteiger charge is -2.44. The van der Waals surface area contributed by atoms with Gasteiger partial charge in [0.05, 0.1) is 12.2 Å². The van der Waals surface area contributed by atoms with E-state index in [1.165, 1.54) is 38.1 Å². The number of rotatable bonds is 2. The van der Waals surface area contributed by atoms with Crippen molar-refractivity contribution in [3.05, 3.63) is 36.3 Å². The van der Waals surface area contributed by atoms with Crippen LogP contribution in [0, 0.1) is 11.7 Å². The van der Waals surface area contributed by atoms with Crippen LogP contribution in [0.1, 0.15) is 18.9 Å². The second-order valence-electron chi connectivity index (χ2n) is 5.80. The maximum Gasteiger partial charge on any atom is 0.123 e. The molecule has 0 saturated carbocycles. The largest absolute Gasteiger partial charge is 0.301 e. The van der Waals surface area contributed by atoms with Crippen molar-refractivity contribution >= 4 is 0 Å². The molecule has 20 heavy (non-hydrogen) atoms. The van der Waals surface area contributed by atoms with Crippen molar-refractivity contribution in [3.8, 4) is 11.3 Å². The molecule has 0 aliphatic carbocycles. The Labute approximate surface area is 117 Å². The molecular weight excluding hydrogens is 255 g/mol. The van der Waals surface area contributed by atoms with Crippen molar-refractivity contribution in [2.24, 2.45) is 5.92 Å². The first-order chi connectivity index (χ1) is 9.79. The molecular formula is C15H17FN4. The Morgan fingerprint density at radius 1 is 1.10 bits per heavy atom. The van der Waals surface area contributed by atoms with Gasteiger partial charge >= 0.3 is 0 Å². The van der Waals surface area contributed by atoms with Gasteiger partial charge in [0, 0.05) is 12.1 Å². The van der Waals surface area contributed by atoms with E-state index in [9.17, 15) is 4.39 Å². The van der Waals surface area contributed by atoms with Crippen LogP contribution in [0.4, 0.5) is 4.39 Å². The van der Waals surface area contributed by atoms with Crippen LogP contribution >= 0.6 is 0 Å². The third kappa shape index (κ3) is 2.02. The molecule has 1 aromatic heterocycles. The summed E-state index contributed by atoms with van der Waals surface area (Å²) in [4.78, 5) is 2.50. The van der Waals surface area contributed by atoms with Crippen LogP contribution in [-0.2, 0) is 0 Å². The molecule has 1 atom stereocenters. The second kappa shape index (κ2) is 4.66. The highest BCUT2D eigenvalue weighted by molar-refractivity contribution is 5.57. The van der Waals surface area contributed by atoms with Crippen molar-refractivity contribution in [2.45, 2.75) is 18.9 Å². The second-order valence-corrected chi connectivity index (χ2v) is 5.80. The number of aromatic nitrogens is 3. The number of halogens is 1. The summed E-state index contributed by atoms with van der Waals surface area (Å²) in [7, 11) is 0. The van der Waals surface area contributed by atoms with Gasteiger partial charge in [-0.3, -0.25) is 0 Å². The Bertz CT molecular complexity index is 599. The zero-order valence-corrected chi connectivity index (χ0v) is 11.2. The zero-order valence-electron chi connectivity index (χ0n) is 11.2. The minimum Gasteiger partial charge on any atom is -0.301 e. The number of hydrogen-bond donors (Lipinski definition) is 0. The molecule has 0 radical (unpaired) electrons. The molecule has 5 rings (SSSR count). The summed E-state index contributed by atoms with van der Waals surface area (Å²) in [5, 5.41) is 8.55. The predicted octanol–water partition coefficient (Wildman–Crippen LogP) is 2.35. The van der Waals surface area contributed by atoms with Crippen molar-refractivity contribution < 1.29 is 4.39 Å². The van der Waals surface area contributed by atoms with Crippen LogP contribution in [0.15, 0.2) is 30.5 Å². The standard InChI is InChI=1S/C15H17FN4/c16-13-3-1-11(2-4-13)14-9-20(18-17-14)15-10-19-7-5-12(15)6-8-19/h1-4,9,12,15H,5-8,10H2/t15-/m0/s1. The molecule has 3 aliphatic heterocycles. The summed E-state index contributed by atoms with van der Waals surface area (Å²) in [5.41, 5.74) is 1.74. The molecule has 0 unspecified atom stereocenters. The van der Waals surface area contributed by atoms with Crippen LogP contribution in [-0.4, -0.2) is 39.5 Å². The first-order valence-electron chi connectivity index (χ1n) is 7.20. The van der Waals surface area contributed by atoms with Crippen LogP contribution in [0.25, 0.3) is 11.3 Å². The average molecular weight is 272 g/mol. The van der Waals surface area contributed by atoms with Gasteiger partial charge in [0.25, 0.3) is 0 Å². The topological polar surface area (TPSA) is 34.0 Å². The van der Waals surface area contributed by atoms with E-state index < -0.39 is 0 Å². The summed E-state index contributed by atoms with van der Waals surface area (Å²) in [6.45, 7) is 3.53. The van der Waals surface area contributed by atoms with Gasteiger partial charge < -0.3 is 4.90 Å². The molecule has 2 bridgehead atoms. The van der Waals surface area contributed by atoms with Gasteiger partial charge in [-0.15, -0.1) is 5.10 Å². The van der Waals surface area contributed by atoms with E-state index in [0.717, 1.165) is 23.7 Å². The molecule has 3 fully saturated rings. The van der Waals surface area contributed by atoms with Crippen LogP contribution in [0.2, 0.25) is 0 Å². The van der Waals surface area contributed by atoms with Gasteiger partial charge in [-0.1, -0.05) is 5.21 Å². The molecule has 0 spiro atoms. The maximum atomic E-state index is 13.0. The summed E-state index contributed by atoms with van der Waals surface area (Å²) < 4.78 is 15.0. The Balaban J connectivity index is 1.60. The molecule has 3 aliphatic rings. The number of fused-ring (bicyclic) bond motifs is 3. The summed E-state index contributed by atoms with van der Waals surface area (Å²) >= 11 is 0. The fourth-order valence-corrected chi connectivity index (χ4v) is 3.43. The molecule has 4 nitrogen and oxygen atoms in total. The van der Waals surface area contributed by atoms with E-state index >= 15 is 0 Å². The number of benzene rings is 1. The minimum absolute atomic E-state index is 0.224. The Kier molecular flexibility index (Phi) is 2.80. The minimum atomic E-state index is -0.224. The first kappa shape index (κ1) is 12.0. The Morgan fingerprint density at radius 2 is 1.85 bits per heavy atom. The van der Waals surface area contributed by atoms with Gasteiger partial charge in [0.15, 0.2) is 0 Å². The molecule has 4 heterocycles. The smallest absolute Gasteiger partial charge is 0.123 e. The number of hydrogen-bond acceptors (Lipinski definition) is 3. The van der Waals surface area contributed by atoms with Crippen molar-refractivity contribution in [1.82, 2.24) is 19.9 Å². The normalized spacial score (nSPS) is 28.8. The maximum absolute atomic E-state index is 13.0. The van der Waals surface area contributed by atoms with Crippen molar-refractivity contribution in [1.29, 1.82) is 0 Å². The van der Waals surface area contributed by atoms with E-state index in [4.69, 9.17) is 0 Å². The van der Waals surface area contributed by atoms with Crippen LogP contribution in [0.3, 0.4) is 0 Å². The predicted molar refractivity (Wildman–Crippen MR) is 73.6 cm³/mol. The number of nitrogens with zero attached hydrogens (tertiary/aromatic N) is 4. The summed E-state index contributed by atoms with van der Waals surface area (Å²) in [5.74, 6) is 0.501. The van der Waals surface area contributed by atoms with Crippen LogP contribution < -0.4 is 0 Å². The van der Waals surface area contributed by atoms with Gasteiger partial charge in [-0.05, 0) is 56.1 Å². The highest BCUT2D eigenvalue weighted by Crippen LogP contribution is 2.35. The highest BCUT2D eigenvalue weighted by atomic mass is 19.1. The average Bonchev–Trinajstić information content (AvgIpc) is 2.99. The van der Waals surface area contributed by atoms with E-state index in [1.807, 2.05) is 10.9 Å². The van der Waals surface area contributed by atoms with Crippen molar-refractivity contribution in [2.75, 3.05) is 19.6 Å². The lowest BCUT2D eigenvalue weighted by molar-refractivity contribution is 0.0504. The summed E-state index contributed by atoms with van der Waals surface area (Å²) in [6, 6.07) is 6.87. The SMILES string of the molecule is Fc1ccc(-c2cn([C@H]3CN4CCC3CC4)nn2)cc1. The molecule has 0 amide bonds. The van der Waals surface area contributed by atoms with Gasteiger partial charge in [0.1, 0.15) is 11.5 Å². The molecule has 3 saturated heterocycles. The van der Waals surface area contributed by atoms with E-state index in [1.54, 1.807) is 12.1 Å². The summed E-state index contributed by atoms with van der Waals surface area (Å²) in [6.07, 6.45) is 4.52. The number of piperidine rings is 3. The van der Waals surface area contributed by atoms with Crippen LogP contribution in [0.5, 0.6) is 0 Å². The molecule has 104 valence electrons. The van der Waals surface area contributed by atoms with Crippen molar-refractivity contribution in [3.63, 3.8) is 0 Å². The zero-order chi connectivity index (χ0) is 13.5. The lowest BCUT2D eigenvalue weighted by Crippen LogP contribution is -2.48. The fourth-order valence-electron chi connectivity index (χ4n) is 3.43. The first-order valence-corrected chi connectivity index (χ1v) is 7.20. The molecule has 1 aromatic carbocycles. The highest BCUT2D eigenvalue weighted by Gasteiger charge is 2.35. The third-order valence-electron chi connectivity index (χ3n) is 4.61. The van der Waals surface area contributed by atoms with Gasteiger partial charge in [0.2, 0.25) is 0 Å². The molecule has 0 N–H and O–H groups in total.